The van der Waals surface area contributed by atoms with Crippen LogP contribution in [-0.2, 0) is 11.8 Å². The van der Waals surface area contributed by atoms with Crippen LogP contribution < -0.4 is 5.32 Å². The lowest BCUT2D eigenvalue weighted by Gasteiger charge is -2.39. The van der Waals surface area contributed by atoms with Crippen LogP contribution in [-0.4, -0.2) is 34.2 Å². The molecular formula is C15H17N3O2. The normalized spacial score (nSPS) is 28.1. The molecule has 0 spiro atoms. The monoisotopic (exact) mass is 271 g/mol. The lowest BCUT2D eigenvalue weighted by molar-refractivity contribution is 0.00810. The molecule has 1 aromatic heterocycles. The van der Waals surface area contributed by atoms with Crippen LogP contribution in [0.1, 0.15) is 23.2 Å². The Morgan fingerprint density at radius 2 is 2.40 bits per heavy atom. The maximum absolute atomic E-state index is 12.3. The van der Waals surface area contributed by atoms with E-state index in [1.807, 2.05) is 29.8 Å². The molecular weight excluding hydrogens is 254 g/mol. The number of aryl methyl sites for hydroxylation is 1. The molecule has 104 valence electrons. The number of nitrogens with zero attached hydrogens (tertiary/aromatic N) is 2. The first-order valence-corrected chi connectivity index (χ1v) is 7.06. The smallest absolute Gasteiger partial charge is 0.251 e. The first-order chi connectivity index (χ1) is 9.72. The van der Waals surface area contributed by atoms with Gasteiger partial charge in [-0.1, -0.05) is 0 Å². The zero-order chi connectivity index (χ0) is 13.7. The average Bonchev–Trinajstić information content (AvgIpc) is 2.99. The van der Waals surface area contributed by atoms with Gasteiger partial charge in [0, 0.05) is 31.2 Å². The predicted octanol–water partition coefficient (Wildman–Crippen LogP) is 1.48. The van der Waals surface area contributed by atoms with Crippen LogP contribution in [0.25, 0.3) is 11.0 Å². The number of nitrogens with one attached hydrogen (secondary N) is 1. The third-order valence-electron chi connectivity index (χ3n) is 4.57. The summed E-state index contributed by atoms with van der Waals surface area (Å²) in [4.78, 5) is 16.6. The number of rotatable bonds is 2. The molecule has 1 amide bonds. The molecule has 0 unspecified atom stereocenters. The topological polar surface area (TPSA) is 56.2 Å². The second-order valence-electron chi connectivity index (χ2n) is 5.74. The Kier molecular flexibility index (Phi) is 2.57. The number of carbonyl (C=O) groups is 1. The zero-order valence-electron chi connectivity index (χ0n) is 11.4. The minimum absolute atomic E-state index is 0.00657. The summed E-state index contributed by atoms with van der Waals surface area (Å²) in [6.07, 6.45) is 4.15. The second-order valence-corrected chi connectivity index (χ2v) is 5.74. The van der Waals surface area contributed by atoms with Gasteiger partial charge in [0.25, 0.3) is 5.91 Å². The third-order valence-corrected chi connectivity index (χ3v) is 4.57. The molecule has 3 atom stereocenters. The minimum atomic E-state index is -0.00657. The number of hydrogen-bond acceptors (Lipinski definition) is 3. The first kappa shape index (κ1) is 11.9. The third kappa shape index (κ3) is 1.73. The summed E-state index contributed by atoms with van der Waals surface area (Å²) in [6.45, 7) is 0.835. The molecule has 2 fully saturated rings. The van der Waals surface area contributed by atoms with Crippen molar-refractivity contribution in [2.24, 2.45) is 13.0 Å². The second kappa shape index (κ2) is 4.31. The van der Waals surface area contributed by atoms with Crippen molar-refractivity contribution in [3.8, 4) is 0 Å². The fraction of sp³-hybridized carbons (Fsp3) is 0.467. The summed E-state index contributed by atoms with van der Waals surface area (Å²) in [6, 6.07) is 5.93. The molecule has 1 N–H and O–H groups in total. The zero-order valence-corrected chi connectivity index (χ0v) is 11.4. The van der Waals surface area contributed by atoms with Gasteiger partial charge < -0.3 is 14.6 Å². The van der Waals surface area contributed by atoms with Crippen LogP contribution in [0.3, 0.4) is 0 Å². The summed E-state index contributed by atoms with van der Waals surface area (Å²) in [7, 11) is 1.95. The van der Waals surface area contributed by atoms with Crippen molar-refractivity contribution in [3.05, 3.63) is 30.1 Å². The fourth-order valence-corrected chi connectivity index (χ4v) is 3.29. The van der Waals surface area contributed by atoms with Gasteiger partial charge in [-0.3, -0.25) is 4.79 Å². The van der Waals surface area contributed by atoms with Crippen LogP contribution in [0.5, 0.6) is 0 Å². The number of hydrogen-bond donors (Lipinski definition) is 1. The number of fused-ring (bicyclic) bond motifs is 2. The van der Waals surface area contributed by atoms with Gasteiger partial charge in [-0.15, -0.1) is 0 Å². The van der Waals surface area contributed by atoms with E-state index in [0.717, 1.165) is 30.5 Å². The van der Waals surface area contributed by atoms with Gasteiger partial charge in [-0.05, 0) is 31.0 Å². The maximum Gasteiger partial charge on any atom is 0.251 e. The average molecular weight is 271 g/mol. The summed E-state index contributed by atoms with van der Waals surface area (Å²) in [5.41, 5.74) is 2.57. The van der Waals surface area contributed by atoms with E-state index in [0.29, 0.717) is 17.6 Å². The van der Waals surface area contributed by atoms with Gasteiger partial charge >= 0.3 is 0 Å². The van der Waals surface area contributed by atoms with Crippen molar-refractivity contribution in [2.75, 3.05) is 6.61 Å². The van der Waals surface area contributed by atoms with Crippen LogP contribution in [0.4, 0.5) is 0 Å². The molecule has 1 saturated heterocycles. The first-order valence-electron chi connectivity index (χ1n) is 7.06. The fourth-order valence-electron chi connectivity index (χ4n) is 3.29. The van der Waals surface area contributed by atoms with E-state index in [-0.39, 0.29) is 11.9 Å². The van der Waals surface area contributed by atoms with Crippen LogP contribution in [0.15, 0.2) is 24.5 Å². The highest BCUT2D eigenvalue weighted by molar-refractivity contribution is 5.97. The molecule has 0 radical (unpaired) electrons. The van der Waals surface area contributed by atoms with Crippen molar-refractivity contribution in [1.29, 1.82) is 0 Å². The standard InChI is InChI=1S/C15H17N3O2/c1-18-8-16-12-6-9(2-3-13(12)18)15(19)17-11-7-14-10(11)4-5-20-14/h2-3,6,8,10-11,14H,4-5,7H2,1H3,(H,17,19)/t10-,11+,14+/m1/s1. The Balaban J connectivity index is 1.52. The van der Waals surface area contributed by atoms with Crippen molar-refractivity contribution in [3.63, 3.8) is 0 Å². The number of aromatic nitrogens is 2. The van der Waals surface area contributed by atoms with Crippen molar-refractivity contribution in [1.82, 2.24) is 14.9 Å². The Bertz CT molecular complexity index is 679. The van der Waals surface area contributed by atoms with Gasteiger partial charge in [-0.2, -0.15) is 0 Å². The molecule has 20 heavy (non-hydrogen) atoms. The molecule has 0 bridgehead atoms. The van der Waals surface area contributed by atoms with Gasteiger partial charge in [0.05, 0.1) is 23.5 Å². The molecule has 5 heteroatoms. The molecule has 2 aliphatic rings. The number of carbonyl (C=O) groups excluding carboxylic acids is 1. The Labute approximate surface area is 116 Å². The molecule has 5 nitrogen and oxygen atoms in total. The molecule has 1 aliphatic carbocycles. The number of ether oxygens (including phenoxy) is 1. The van der Waals surface area contributed by atoms with Gasteiger partial charge in [0.1, 0.15) is 0 Å². The summed E-state index contributed by atoms with van der Waals surface area (Å²) in [5.74, 6) is 0.505. The van der Waals surface area contributed by atoms with Gasteiger partial charge in [0.2, 0.25) is 0 Å². The van der Waals surface area contributed by atoms with E-state index in [1.165, 1.54) is 0 Å². The highest BCUT2D eigenvalue weighted by Crippen LogP contribution is 2.38. The van der Waals surface area contributed by atoms with E-state index in [4.69, 9.17) is 4.74 Å². The van der Waals surface area contributed by atoms with Crippen LogP contribution >= 0.6 is 0 Å². The highest BCUT2D eigenvalue weighted by atomic mass is 16.5. The molecule has 2 heterocycles. The Hall–Kier alpha value is -1.88. The largest absolute Gasteiger partial charge is 0.378 e. The Morgan fingerprint density at radius 1 is 1.50 bits per heavy atom. The van der Waals surface area contributed by atoms with E-state index in [1.54, 1.807) is 6.33 Å². The van der Waals surface area contributed by atoms with Crippen LogP contribution in [0.2, 0.25) is 0 Å². The summed E-state index contributed by atoms with van der Waals surface area (Å²) < 4.78 is 7.51. The predicted molar refractivity (Wildman–Crippen MR) is 74.4 cm³/mol. The minimum Gasteiger partial charge on any atom is -0.378 e. The lowest BCUT2D eigenvalue weighted by Crippen LogP contribution is -2.53. The summed E-state index contributed by atoms with van der Waals surface area (Å²) in [5, 5.41) is 3.12. The summed E-state index contributed by atoms with van der Waals surface area (Å²) >= 11 is 0. The number of benzene rings is 1. The van der Waals surface area contributed by atoms with E-state index >= 15 is 0 Å². The molecule has 1 aliphatic heterocycles. The van der Waals surface area contributed by atoms with Gasteiger partial charge in [0.15, 0.2) is 0 Å². The van der Waals surface area contributed by atoms with Crippen molar-refractivity contribution >= 4 is 16.9 Å². The lowest BCUT2D eigenvalue weighted by atomic mass is 9.76. The Morgan fingerprint density at radius 3 is 3.25 bits per heavy atom. The molecule has 1 aromatic carbocycles. The van der Waals surface area contributed by atoms with Crippen LogP contribution in [0, 0.1) is 5.92 Å². The van der Waals surface area contributed by atoms with Crippen molar-refractivity contribution < 1.29 is 9.53 Å². The van der Waals surface area contributed by atoms with E-state index < -0.39 is 0 Å². The number of amides is 1. The van der Waals surface area contributed by atoms with Gasteiger partial charge in [-0.25, -0.2) is 4.98 Å². The van der Waals surface area contributed by atoms with Crippen molar-refractivity contribution in [2.45, 2.75) is 25.0 Å². The molecule has 1 saturated carbocycles. The SMILES string of the molecule is Cn1cnc2cc(C(=O)N[C@H]3C[C@@H]4OCC[C@H]34)ccc21. The van der Waals surface area contributed by atoms with E-state index in [2.05, 4.69) is 10.3 Å². The highest BCUT2D eigenvalue weighted by Gasteiger charge is 2.45. The number of imidazole rings is 1. The molecule has 4 rings (SSSR count). The quantitative estimate of drug-likeness (QED) is 0.900. The molecule has 2 aromatic rings. The maximum atomic E-state index is 12.3. The van der Waals surface area contributed by atoms with E-state index in [9.17, 15) is 4.79 Å².